The number of nitrogens with zero attached hydrogens (tertiary/aromatic N) is 1. The Morgan fingerprint density at radius 3 is 0.964 bits per heavy atom. The second kappa shape index (κ2) is 66.1. The van der Waals surface area contributed by atoms with Crippen molar-refractivity contribution in [2.24, 2.45) is 0 Å². The second-order valence-electron chi connectivity index (χ2n) is 27.0. The van der Waals surface area contributed by atoms with Crippen LogP contribution >= 0.6 is 7.82 Å². The number of nitrogens with one attached hydrogen (secondary N) is 1. The van der Waals surface area contributed by atoms with E-state index in [0.29, 0.717) is 17.4 Å². The predicted molar refractivity (Wildman–Crippen MR) is 367 cm³/mol. The average Bonchev–Trinajstić information content (AvgIpc) is 3.56. The van der Waals surface area contributed by atoms with E-state index in [9.17, 15) is 19.4 Å². The van der Waals surface area contributed by atoms with Gasteiger partial charge in [0.1, 0.15) is 13.2 Å². The van der Waals surface area contributed by atoms with E-state index < -0.39 is 26.6 Å². The summed E-state index contributed by atoms with van der Waals surface area (Å²) in [5, 5.41) is 13.9. The number of phosphoric ester groups is 1. The first kappa shape index (κ1) is 82.7. The molecule has 8 nitrogen and oxygen atoms in total. The van der Waals surface area contributed by atoms with E-state index in [1.165, 1.54) is 321 Å². The van der Waals surface area contributed by atoms with Gasteiger partial charge < -0.3 is 28.8 Å². The van der Waals surface area contributed by atoms with Crippen LogP contribution in [0.3, 0.4) is 0 Å². The number of carbonyl (C=O) groups excluding carboxylic acids is 1. The summed E-state index contributed by atoms with van der Waals surface area (Å²) in [5.41, 5.74) is 0. The van der Waals surface area contributed by atoms with Gasteiger partial charge in [0.2, 0.25) is 5.91 Å². The number of hydrogen-bond donors (Lipinski definition) is 2. The van der Waals surface area contributed by atoms with Gasteiger partial charge in [0.05, 0.1) is 39.9 Å². The average molecular weight is 1200 g/mol. The second-order valence-corrected chi connectivity index (χ2v) is 28.4. The van der Waals surface area contributed by atoms with Crippen molar-refractivity contribution in [2.45, 2.75) is 398 Å². The van der Waals surface area contributed by atoms with Crippen LogP contribution in [0.2, 0.25) is 0 Å². The van der Waals surface area contributed by atoms with E-state index in [2.05, 4.69) is 43.5 Å². The van der Waals surface area contributed by atoms with Crippen LogP contribution in [0.15, 0.2) is 36.5 Å². The monoisotopic (exact) mass is 1200 g/mol. The van der Waals surface area contributed by atoms with Crippen molar-refractivity contribution in [1.29, 1.82) is 0 Å². The molecule has 0 aliphatic carbocycles. The Morgan fingerprint density at radius 2 is 0.667 bits per heavy atom. The van der Waals surface area contributed by atoms with Gasteiger partial charge in [-0.25, -0.2) is 0 Å². The molecule has 0 radical (unpaired) electrons. The molecule has 0 aliphatic heterocycles. The molecule has 9 heteroatoms. The molecule has 0 saturated heterocycles. The zero-order chi connectivity index (χ0) is 61.2. The van der Waals surface area contributed by atoms with Crippen molar-refractivity contribution in [3.8, 4) is 0 Å². The lowest BCUT2D eigenvalue weighted by Gasteiger charge is -2.29. The molecule has 0 heterocycles. The summed E-state index contributed by atoms with van der Waals surface area (Å²) in [4.78, 5) is 25.6. The van der Waals surface area contributed by atoms with Gasteiger partial charge in [-0.2, -0.15) is 0 Å². The lowest BCUT2D eigenvalue weighted by molar-refractivity contribution is -0.870. The topological polar surface area (TPSA) is 108 Å². The summed E-state index contributed by atoms with van der Waals surface area (Å²) in [7, 11) is 1.25. The predicted octanol–water partition coefficient (Wildman–Crippen LogP) is 23.4. The summed E-state index contributed by atoms with van der Waals surface area (Å²) in [6, 6.07) is -0.910. The number of aliphatic hydroxyl groups excluding tert-OH is 1. The van der Waals surface area contributed by atoms with Crippen molar-refractivity contribution in [3.63, 3.8) is 0 Å². The number of likely N-dealkylation sites (N-methyl/N-ethyl adjacent to an activating group) is 1. The Hall–Kier alpha value is -1.28. The molecule has 0 saturated carbocycles. The number of amides is 1. The Labute approximate surface area is 525 Å². The maximum absolute atomic E-state index is 13.0. The molecule has 0 aromatic carbocycles. The third-order valence-electron chi connectivity index (χ3n) is 17.3. The summed E-state index contributed by atoms with van der Waals surface area (Å²) >= 11 is 0. The highest BCUT2D eigenvalue weighted by molar-refractivity contribution is 7.45. The van der Waals surface area contributed by atoms with Gasteiger partial charge >= 0.3 is 0 Å². The van der Waals surface area contributed by atoms with Gasteiger partial charge in [0.25, 0.3) is 7.82 Å². The number of hydrogen-bond acceptors (Lipinski definition) is 6. The molecule has 84 heavy (non-hydrogen) atoms. The highest BCUT2D eigenvalue weighted by Crippen LogP contribution is 2.38. The molecule has 0 aromatic heterocycles. The first-order chi connectivity index (χ1) is 41.0. The Morgan fingerprint density at radius 1 is 0.405 bits per heavy atom. The molecule has 2 N–H and O–H groups in total. The van der Waals surface area contributed by atoms with E-state index in [4.69, 9.17) is 9.05 Å². The minimum Gasteiger partial charge on any atom is -0.756 e. The smallest absolute Gasteiger partial charge is 0.268 e. The number of rotatable bonds is 70. The van der Waals surface area contributed by atoms with Crippen molar-refractivity contribution in [1.82, 2.24) is 5.32 Å². The third kappa shape index (κ3) is 68.2. The highest BCUT2D eigenvalue weighted by Gasteiger charge is 2.23. The summed E-state index contributed by atoms with van der Waals surface area (Å²) in [6.07, 6.45) is 88.8. The van der Waals surface area contributed by atoms with E-state index in [0.717, 1.165) is 44.9 Å². The number of quaternary nitrogens is 1. The van der Waals surface area contributed by atoms with Crippen LogP contribution in [0, 0.1) is 0 Å². The molecule has 3 unspecified atom stereocenters. The molecule has 0 bridgehead atoms. The fraction of sp³-hybridized carbons (Fsp3) is 0.907. The van der Waals surface area contributed by atoms with Crippen LogP contribution in [-0.4, -0.2) is 68.5 Å². The fourth-order valence-electron chi connectivity index (χ4n) is 11.5. The first-order valence-corrected chi connectivity index (χ1v) is 38.8. The fourth-order valence-corrected chi connectivity index (χ4v) is 12.3. The van der Waals surface area contributed by atoms with Crippen LogP contribution in [0.5, 0.6) is 0 Å². The quantitative estimate of drug-likeness (QED) is 0.0272. The SMILES string of the molecule is CCCCCCCCCCCCCCCCCCC/C=C/CC/C=C/CC/C=C/C(O)C(COP(=O)([O-])OCC[N+](C)(C)C)NC(=O)CCCCCCCCCCCCCCCCCCCCCCCCCCCCCCCCCCCCC. The molecule has 0 spiro atoms. The minimum atomic E-state index is -4.62. The van der Waals surface area contributed by atoms with Crippen LogP contribution in [0.4, 0.5) is 0 Å². The van der Waals surface area contributed by atoms with Crippen LogP contribution in [-0.2, 0) is 18.4 Å². The molecule has 3 atom stereocenters. The number of aliphatic hydroxyl groups is 1. The van der Waals surface area contributed by atoms with Gasteiger partial charge in [-0.3, -0.25) is 9.36 Å². The first-order valence-electron chi connectivity index (χ1n) is 37.4. The van der Waals surface area contributed by atoms with Crippen LogP contribution in [0.1, 0.15) is 386 Å². The van der Waals surface area contributed by atoms with Gasteiger partial charge in [-0.15, -0.1) is 0 Å². The van der Waals surface area contributed by atoms with Gasteiger partial charge in [0.15, 0.2) is 0 Å². The highest BCUT2D eigenvalue weighted by atomic mass is 31.2. The van der Waals surface area contributed by atoms with E-state index >= 15 is 0 Å². The summed E-state index contributed by atoms with van der Waals surface area (Å²) in [6.45, 7) is 4.69. The van der Waals surface area contributed by atoms with Crippen molar-refractivity contribution < 1.29 is 32.9 Å². The largest absolute Gasteiger partial charge is 0.756 e. The van der Waals surface area contributed by atoms with Crippen LogP contribution < -0.4 is 10.2 Å². The normalized spacial score (nSPS) is 13.8. The van der Waals surface area contributed by atoms with Gasteiger partial charge in [-0.1, -0.05) is 371 Å². The van der Waals surface area contributed by atoms with E-state index in [-0.39, 0.29) is 12.5 Å². The minimum absolute atomic E-state index is 0.00702. The number of phosphoric acid groups is 1. The van der Waals surface area contributed by atoms with Crippen molar-refractivity contribution in [2.75, 3.05) is 40.9 Å². The molecule has 0 rings (SSSR count). The van der Waals surface area contributed by atoms with Crippen molar-refractivity contribution in [3.05, 3.63) is 36.5 Å². The van der Waals surface area contributed by atoms with E-state index in [1.54, 1.807) is 6.08 Å². The standard InChI is InChI=1S/C75H147N2O6P/c1-6-8-10-12-14-16-18-20-22-24-26-28-30-32-34-35-36-37-38-39-40-41-43-45-47-49-51-53-55-57-59-61-63-65-67-69-75(79)76-73(72-83-84(80,81)82-71-70-77(3,4)5)74(78)68-66-64-62-60-58-56-54-52-50-48-46-44-42-33-31-29-27-25-23-21-19-17-15-13-11-9-7-2/h50,52,58,60,66,68,73-74,78H,6-49,51,53-57,59,61-65,67,69-72H2,1-5H3,(H-,76,79,80,81)/b52-50+,60-58+,68-66+. The van der Waals surface area contributed by atoms with Crippen molar-refractivity contribution >= 4 is 13.7 Å². The number of allylic oxidation sites excluding steroid dienone is 5. The van der Waals surface area contributed by atoms with E-state index in [1.807, 2.05) is 27.2 Å². The van der Waals surface area contributed by atoms with Gasteiger partial charge in [0, 0.05) is 6.42 Å². The molecule has 0 aromatic rings. The zero-order valence-electron chi connectivity index (χ0n) is 57.1. The lowest BCUT2D eigenvalue weighted by Crippen LogP contribution is -2.45. The number of carbonyl (C=O) groups is 1. The third-order valence-corrected chi connectivity index (χ3v) is 18.3. The Kier molecular flexibility index (Phi) is 65.1. The Bertz CT molecular complexity index is 1460. The van der Waals surface area contributed by atoms with Crippen LogP contribution in [0.25, 0.3) is 0 Å². The molecular weight excluding hydrogens is 1060 g/mol. The molecule has 0 fully saturated rings. The zero-order valence-corrected chi connectivity index (χ0v) is 58.0. The summed E-state index contributed by atoms with van der Waals surface area (Å²) < 4.78 is 23.5. The number of unbranched alkanes of at least 4 members (excludes halogenated alkanes) is 53. The molecule has 0 aliphatic rings. The lowest BCUT2D eigenvalue weighted by atomic mass is 10.0. The maximum atomic E-state index is 13.0. The maximum Gasteiger partial charge on any atom is 0.268 e. The van der Waals surface area contributed by atoms with Gasteiger partial charge in [-0.05, 0) is 44.9 Å². The molecule has 1 amide bonds. The molecular formula is C75H147N2O6P. The summed E-state index contributed by atoms with van der Waals surface area (Å²) in [5.74, 6) is -0.203. The molecule has 498 valence electrons. The Balaban J connectivity index is 4.02.